The molecule has 0 atom stereocenters. The van der Waals surface area contributed by atoms with E-state index < -0.39 is 0 Å². The molecule has 0 saturated carbocycles. The number of rotatable bonds is 13. The summed E-state index contributed by atoms with van der Waals surface area (Å²) in [5.74, 6) is 0. The Kier molecular flexibility index (Phi) is 9.58. The second-order valence-corrected chi connectivity index (χ2v) is 9.03. The smallest absolute Gasteiger partial charge is 0.104 e. The lowest BCUT2D eigenvalue weighted by atomic mass is 10.0. The molecule has 0 aliphatic heterocycles. The molecule has 0 spiro atoms. The molecule has 0 bridgehead atoms. The van der Waals surface area contributed by atoms with Crippen LogP contribution in [0.2, 0.25) is 0 Å². The predicted molar refractivity (Wildman–Crippen MR) is 131 cm³/mol. The first-order chi connectivity index (χ1) is 14.5. The fourth-order valence-corrected chi connectivity index (χ4v) is 4.70. The van der Waals surface area contributed by atoms with Crippen molar-refractivity contribution in [1.29, 1.82) is 0 Å². The Balaban J connectivity index is 1.93. The van der Waals surface area contributed by atoms with Crippen molar-refractivity contribution in [2.75, 3.05) is 39.3 Å². The number of hydrogen-bond acceptors (Lipinski definition) is 0. The van der Waals surface area contributed by atoms with Crippen LogP contribution in [0.15, 0.2) is 48.5 Å². The van der Waals surface area contributed by atoms with E-state index in [0.717, 1.165) is 25.9 Å². The number of benzene rings is 2. The number of quaternary nitrogens is 2. The van der Waals surface area contributed by atoms with Gasteiger partial charge in [-0.1, -0.05) is 48.5 Å². The van der Waals surface area contributed by atoms with E-state index >= 15 is 0 Å². The van der Waals surface area contributed by atoms with Gasteiger partial charge in [0.05, 0.1) is 39.3 Å². The molecular weight excluding hydrogens is 364 g/mol. The Morgan fingerprint density at radius 1 is 0.400 bits per heavy atom. The number of nitrogens with zero attached hydrogens (tertiary/aromatic N) is 2. The third kappa shape index (κ3) is 6.43. The van der Waals surface area contributed by atoms with E-state index in [1.165, 1.54) is 70.5 Å². The molecule has 2 aromatic rings. The third-order valence-corrected chi connectivity index (χ3v) is 7.81. The van der Waals surface area contributed by atoms with Crippen LogP contribution in [-0.4, -0.2) is 48.2 Å². The van der Waals surface area contributed by atoms with Gasteiger partial charge < -0.3 is 8.97 Å². The highest BCUT2D eigenvalue weighted by Crippen LogP contribution is 2.18. The van der Waals surface area contributed by atoms with Crippen LogP contribution >= 0.6 is 0 Å². The third-order valence-electron chi connectivity index (χ3n) is 7.81. The quantitative estimate of drug-likeness (QED) is 0.344. The van der Waals surface area contributed by atoms with Gasteiger partial charge in [0.25, 0.3) is 0 Å². The highest BCUT2D eigenvalue weighted by Gasteiger charge is 2.21. The molecule has 2 nitrogen and oxygen atoms in total. The van der Waals surface area contributed by atoms with Gasteiger partial charge in [-0.25, -0.2) is 0 Å². The second-order valence-electron chi connectivity index (χ2n) is 9.03. The van der Waals surface area contributed by atoms with Crippen molar-refractivity contribution >= 4 is 0 Å². The number of aryl methyl sites for hydroxylation is 2. The van der Waals surface area contributed by atoms with E-state index in [9.17, 15) is 0 Å². The molecule has 0 aliphatic carbocycles. The molecule has 2 rings (SSSR count). The summed E-state index contributed by atoms with van der Waals surface area (Å²) in [7, 11) is 0. The van der Waals surface area contributed by atoms with Gasteiger partial charge in [0, 0.05) is 11.1 Å². The average Bonchev–Trinajstić information content (AvgIpc) is 2.81. The molecule has 0 saturated heterocycles. The minimum absolute atomic E-state index is 1.12. The van der Waals surface area contributed by atoms with Crippen molar-refractivity contribution in [3.63, 3.8) is 0 Å². The van der Waals surface area contributed by atoms with Gasteiger partial charge in [-0.05, 0) is 65.5 Å². The lowest BCUT2D eigenvalue weighted by Crippen LogP contribution is -2.46. The summed E-state index contributed by atoms with van der Waals surface area (Å²) in [5.41, 5.74) is 5.84. The van der Waals surface area contributed by atoms with Crippen LogP contribution in [0.3, 0.4) is 0 Å². The largest absolute Gasteiger partial charge is 0.321 e. The molecule has 0 aliphatic rings. The molecule has 0 N–H and O–H groups in total. The Morgan fingerprint density at radius 2 is 0.633 bits per heavy atom. The summed E-state index contributed by atoms with van der Waals surface area (Å²) in [6.45, 7) is 23.5. The van der Waals surface area contributed by atoms with E-state index in [0.29, 0.717) is 0 Å². The molecule has 0 unspecified atom stereocenters. The van der Waals surface area contributed by atoms with Gasteiger partial charge in [0.1, 0.15) is 13.1 Å². The maximum atomic E-state index is 2.35. The summed E-state index contributed by atoms with van der Waals surface area (Å²) < 4.78 is 2.36. The zero-order valence-electron chi connectivity index (χ0n) is 20.6. The summed E-state index contributed by atoms with van der Waals surface area (Å²) in [4.78, 5) is 0. The van der Waals surface area contributed by atoms with Crippen LogP contribution < -0.4 is 0 Å². The van der Waals surface area contributed by atoms with E-state index in [1.807, 2.05) is 0 Å². The SMILES string of the molecule is CC[N+](CC)(CC)Cc1ccc(CCc2ccc(C[N+](CC)(CC)CC)cc2)cc1. The van der Waals surface area contributed by atoms with Crippen molar-refractivity contribution in [3.05, 3.63) is 70.8 Å². The molecule has 2 aromatic carbocycles. The Bertz CT molecular complexity index is 640. The minimum atomic E-state index is 1.12. The van der Waals surface area contributed by atoms with Crippen molar-refractivity contribution < 1.29 is 8.97 Å². The normalized spacial score (nSPS) is 12.3. The fraction of sp³-hybridized carbons (Fsp3) is 0.571. The van der Waals surface area contributed by atoms with Gasteiger partial charge in [-0.15, -0.1) is 0 Å². The molecule has 0 fully saturated rings. The van der Waals surface area contributed by atoms with Gasteiger partial charge in [0.15, 0.2) is 0 Å². The highest BCUT2D eigenvalue weighted by molar-refractivity contribution is 5.26. The summed E-state index contributed by atoms with van der Waals surface area (Å²) >= 11 is 0. The van der Waals surface area contributed by atoms with Gasteiger partial charge in [-0.3, -0.25) is 0 Å². The van der Waals surface area contributed by atoms with E-state index in [-0.39, 0.29) is 0 Å². The van der Waals surface area contributed by atoms with Crippen molar-refractivity contribution in [1.82, 2.24) is 0 Å². The van der Waals surface area contributed by atoms with Crippen LogP contribution in [0, 0.1) is 0 Å². The zero-order chi connectivity index (χ0) is 22.0. The Morgan fingerprint density at radius 3 is 0.867 bits per heavy atom. The van der Waals surface area contributed by atoms with Crippen LogP contribution in [0.5, 0.6) is 0 Å². The molecule has 30 heavy (non-hydrogen) atoms. The second kappa shape index (κ2) is 11.7. The average molecular weight is 411 g/mol. The van der Waals surface area contributed by atoms with Gasteiger partial charge in [-0.2, -0.15) is 0 Å². The van der Waals surface area contributed by atoms with Crippen LogP contribution in [0.4, 0.5) is 0 Å². The molecule has 2 heteroatoms. The molecule has 0 amide bonds. The zero-order valence-corrected chi connectivity index (χ0v) is 20.6. The molecule has 0 radical (unpaired) electrons. The Labute approximate surface area is 186 Å². The summed E-state index contributed by atoms with van der Waals surface area (Å²) in [5, 5.41) is 0. The lowest BCUT2D eigenvalue weighted by molar-refractivity contribution is -0.936. The predicted octanol–water partition coefficient (Wildman–Crippen LogP) is 6.22. The molecular formula is C28H46N2+2. The highest BCUT2D eigenvalue weighted by atomic mass is 15.3. The molecule has 166 valence electrons. The molecule has 0 heterocycles. The van der Waals surface area contributed by atoms with Crippen LogP contribution in [0.1, 0.15) is 63.8 Å². The number of hydrogen-bond donors (Lipinski definition) is 0. The first-order valence-corrected chi connectivity index (χ1v) is 12.3. The van der Waals surface area contributed by atoms with E-state index in [1.54, 1.807) is 0 Å². The Hall–Kier alpha value is -1.64. The first-order valence-electron chi connectivity index (χ1n) is 12.3. The van der Waals surface area contributed by atoms with Crippen LogP contribution in [-0.2, 0) is 25.9 Å². The van der Waals surface area contributed by atoms with Crippen molar-refractivity contribution in [3.8, 4) is 0 Å². The summed E-state index contributed by atoms with van der Waals surface area (Å²) in [6.07, 6.45) is 2.24. The fourth-order valence-electron chi connectivity index (χ4n) is 4.70. The van der Waals surface area contributed by atoms with Gasteiger partial charge in [0.2, 0.25) is 0 Å². The lowest BCUT2D eigenvalue weighted by Gasteiger charge is -2.36. The summed E-state index contributed by atoms with van der Waals surface area (Å²) in [6, 6.07) is 18.8. The van der Waals surface area contributed by atoms with E-state index in [4.69, 9.17) is 0 Å². The van der Waals surface area contributed by atoms with Crippen molar-refractivity contribution in [2.24, 2.45) is 0 Å². The first kappa shape index (κ1) is 24.6. The van der Waals surface area contributed by atoms with Crippen molar-refractivity contribution in [2.45, 2.75) is 67.5 Å². The van der Waals surface area contributed by atoms with Gasteiger partial charge >= 0.3 is 0 Å². The topological polar surface area (TPSA) is 0 Å². The van der Waals surface area contributed by atoms with E-state index in [2.05, 4.69) is 90.1 Å². The maximum absolute atomic E-state index is 2.35. The molecule has 0 aromatic heterocycles. The van der Waals surface area contributed by atoms with Crippen LogP contribution in [0.25, 0.3) is 0 Å². The standard InChI is InChI=1S/C28H46N2/c1-7-29(8-2,9-3)23-27-19-15-25(16-20-27)13-14-26-17-21-28(22-18-26)24-30(10-4,11-5)12-6/h15-22H,7-14,23-24H2,1-6H3/q+2. The monoisotopic (exact) mass is 410 g/mol. The maximum Gasteiger partial charge on any atom is 0.104 e. The minimum Gasteiger partial charge on any atom is -0.321 e.